The highest BCUT2D eigenvalue weighted by Gasteiger charge is 2.49. The van der Waals surface area contributed by atoms with Gasteiger partial charge in [-0.1, -0.05) is 12.8 Å². The summed E-state index contributed by atoms with van der Waals surface area (Å²) in [5.41, 5.74) is 6.63. The van der Waals surface area contributed by atoms with Crippen molar-refractivity contribution in [1.29, 1.82) is 0 Å². The molecule has 3 saturated heterocycles. The van der Waals surface area contributed by atoms with Crippen LogP contribution >= 0.6 is 0 Å². The molecule has 0 spiro atoms. The van der Waals surface area contributed by atoms with Crippen molar-refractivity contribution in [2.24, 2.45) is 5.73 Å². The molecule has 3 aliphatic heterocycles. The molecule has 0 radical (unpaired) electrons. The van der Waals surface area contributed by atoms with Gasteiger partial charge in [-0.25, -0.2) is 0 Å². The van der Waals surface area contributed by atoms with Gasteiger partial charge >= 0.3 is 0 Å². The zero-order valence-corrected chi connectivity index (χ0v) is 12.8. The lowest BCUT2D eigenvalue weighted by atomic mass is 9.80. The second-order valence-electron chi connectivity index (χ2n) is 7.28. The maximum absolute atomic E-state index is 6.32. The van der Waals surface area contributed by atoms with Gasteiger partial charge in [-0.05, 0) is 59.0 Å². The van der Waals surface area contributed by atoms with Crippen LogP contribution in [0.5, 0.6) is 0 Å². The minimum absolute atomic E-state index is 0.308. The minimum atomic E-state index is 0.308. The first-order chi connectivity index (χ1) is 9.16. The molecule has 3 heterocycles. The van der Waals surface area contributed by atoms with Crippen molar-refractivity contribution >= 4 is 0 Å². The lowest BCUT2D eigenvalue weighted by Crippen LogP contribution is -2.63. The molecule has 3 nitrogen and oxygen atoms in total. The third kappa shape index (κ3) is 2.34. The highest BCUT2D eigenvalue weighted by atomic mass is 15.3. The normalized spacial score (nSPS) is 45.3. The number of piperidine rings is 1. The Morgan fingerprint density at radius 3 is 2.37 bits per heavy atom. The average molecular weight is 265 g/mol. The summed E-state index contributed by atoms with van der Waals surface area (Å²) in [4.78, 5) is 5.45. The van der Waals surface area contributed by atoms with Crippen LogP contribution in [0.15, 0.2) is 0 Å². The molecule has 3 rings (SSSR count). The lowest BCUT2D eigenvalue weighted by Gasteiger charge is -2.53. The number of nitrogens with zero attached hydrogens (tertiary/aromatic N) is 2. The lowest BCUT2D eigenvalue weighted by molar-refractivity contribution is -0.0189. The SMILES string of the molecule is CC1CCCCCN1C1(CN)CC2CCC(C1)N2C. The Kier molecular flexibility index (Phi) is 3.89. The molecule has 0 aromatic carbocycles. The van der Waals surface area contributed by atoms with E-state index in [0.29, 0.717) is 5.54 Å². The van der Waals surface area contributed by atoms with E-state index in [9.17, 15) is 0 Å². The predicted octanol–water partition coefficient (Wildman–Crippen LogP) is 2.21. The van der Waals surface area contributed by atoms with Crippen LogP contribution < -0.4 is 5.73 Å². The van der Waals surface area contributed by atoms with Crippen molar-refractivity contribution in [2.45, 2.75) is 82.0 Å². The van der Waals surface area contributed by atoms with Crippen LogP contribution in [-0.4, -0.2) is 53.6 Å². The Labute approximate surface area is 118 Å². The van der Waals surface area contributed by atoms with Gasteiger partial charge in [0.05, 0.1) is 0 Å². The van der Waals surface area contributed by atoms with Crippen molar-refractivity contribution in [3.63, 3.8) is 0 Å². The molecule has 3 unspecified atom stereocenters. The molecule has 0 aromatic rings. The Balaban J connectivity index is 1.82. The van der Waals surface area contributed by atoms with Crippen molar-refractivity contribution in [3.8, 4) is 0 Å². The smallest absolute Gasteiger partial charge is 0.0364 e. The quantitative estimate of drug-likeness (QED) is 0.831. The summed E-state index contributed by atoms with van der Waals surface area (Å²) in [6.07, 6.45) is 11.0. The standard InChI is InChI=1S/C16H31N3/c1-13-6-4-3-5-9-19(13)16(12-17)10-14-7-8-15(11-16)18(14)2/h13-15H,3-12,17H2,1-2H3. The van der Waals surface area contributed by atoms with Gasteiger partial charge in [0.1, 0.15) is 0 Å². The highest BCUT2D eigenvalue weighted by Crippen LogP contribution is 2.43. The maximum atomic E-state index is 6.32. The van der Waals surface area contributed by atoms with E-state index >= 15 is 0 Å². The fourth-order valence-electron chi connectivity index (χ4n) is 5.04. The van der Waals surface area contributed by atoms with Crippen LogP contribution in [-0.2, 0) is 0 Å². The van der Waals surface area contributed by atoms with E-state index in [0.717, 1.165) is 24.7 Å². The third-order valence-electron chi connectivity index (χ3n) is 6.26. The van der Waals surface area contributed by atoms with Crippen molar-refractivity contribution in [1.82, 2.24) is 9.80 Å². The van der Waals surface area contributed by atoms with Crippen LogP contribution in [0, 0.1) is 0 Å². The summed E-state index contributed by atoms with van der Waals surface area (Å²) in [6.45, 7) is 4.57. The second-order valence-corrected chi connectivity index (χ2v) is 7.28. The number of fused-ring (bicyclic) bond motifs is 2. The molecule has 3 heteroatoms. The van der Waals surface area contributed by atoms with Crippen LogP contribution in [0.25, 0.3) is 0 Å². The molecule has 0 aliphatic carbocycles. The van der Waals surface area contributed by atoms with Gasteiger partial charge in [0.15, 0.2) is 0 Å². The Morgan fingerprint density at radius 2 is 1.74 bits per heavy atom. The summed E-state index contributed by atoms with van der Waals surface area (Å²) in [5, 5.41) is 0. The molecule has 0 saturated carbocycles. The number of nitrogens with two attached hydrogens (primary N) is 1. The second kappa shape index (κ2) is 5.34. The topological polar surface area (TPSA) is 32.5 Å². The fourth-order valence-corrected chi connectivity index (χ4v) is 5.04. The Hall–Kier alpha value is -0.120. The summed E-state index contributed by atoms with van der Waals surface area (Å²) in [7, 11) is 2.33. The molecule has 0 aromatic heterocycles. The highest BCUT2D eigenvalue weighted by molar-refractivity contribution is 5.07. The molecular formula is C16H31N3. The molecule has 3 atom stereocenters. The first-order valence-electron chi connectivity index (χ1n) is 8.35. The molecule has 2 N–H and O–H groups in total. The summed E-state index contributed by atoms with van der Waals surface area (Å²) >= 11 is 0. The van der Waals surface area contributed by atoms with E-state index in [2.05, 4.69) is 23.8 Å². The number of likely N-dealkylation sites (tertiary alicyclic amines) is 1. The third-order valence-corrected chi connectivity index (χ3v) is 6.26. The Bertz CT molecular complexity index is 303. The number of rotatable bonds is 2. The monoisotopic (exact) mass is 265 g/mol. The van der Waals surface area contributed by atoms with E-state index in [1.807, 2.05) is 0 Å². The molecule has 19 heavy (non-hydrogen) atoms. The number of hydrogen-bond acceptors (Lipinski definition) is 3. The van der Waals surface area contributed by atoms with Gasteiger partial charge in [0.2, 0.25) is 0 Å². The molecule has 110 valence electrons. The van der Waals surface area contributed by atoms with Gasteiger partial charge in [-0.15, -0.1) is 0 Å². The van der Waals surface area contributed by atoms with E-state index in [-0.39, 0.29) is 0 Å². The van der Waals surface area contributed by atoms with Crippen molar-refractivity contribution in [2.75, 3.05) is 20.1 Å². The molecule has 0 amide bonds. The van der Waals surface area contributed by atoms with Crippen LogP contribution in [0.2, 0.25) is 0 Å². The largest absolute Gasteiger partial charge is 0.329 e. The van der Waals surface area contributed by atoms with E-state index in [1.165, 1.54) is 57.9 Å². The van der Waals surface area contributed by atoms with Crippen molar-refractivity contribution in [3.05, 3.63) is 0 Å². The van der Waals surface area contributed by atoms with Crippen LogP contribution in [0.3, 0.4) is 0 Å². The van der Waals surface area contributed by atoms with Gasteiger partial charge < -0.3 is 10.6 Å². The van der Waals surface area contributed by atoms with E-state index in [4.69, 9.17) is 5.73 Å². The van der Waals surface area contributed by atoms with E-state index < -0.39 is 0 Å². The van der Waals surface area contributed by atoms with Crippen molar-refractivity contribution < 1.29 is 0 Å². The fraction of sp³-hybridized carbons (Fsp3) is 1.00. The maximum Gasteiger partial charge on any atom is 0.0364 e. The first kappa shape index (κ1) is 13.8. The van der Waals surface area contributed by atoms with Gasteiger partial charge in [0, 0.05) is 30.2 Å². The van der Waals surface area contributed by atoms with Crippen LogP contribution in [0.1, 0.15) is 58.3 Å². The molecule has 3 fully saturated rings. The zero-order chi connectivity index (χ0) is 13.5. The van der Waals surface area contributed by atoms with Gasteiger partial charge in [0.25, 0.3) is 0 Å². The minimum Gasteiger partial charge on any atom is -0.329 e. The first-order valence-corrected chi connectivity index (χ1v) is 8.35. The van der Waals surface area contributed by atoms with Gasteiger partial charge in [-0.2, -0.15) is 0 Å². The Morgan fingerprint density at radius 1 is 1.05 bits per heavy atom. The summed E-state index contributed by atoms with van der Waals surface area (Å²) in [5.74, 6) is 0. The molecule has 2 bridgehead atoms. The molecular weight excluding hydrogens is 234 g/mol. The number of hydrogen-bond donors (Lipinski definition) is 1. The predicted molar refractivity (Wildman–Crippen MR) is 80.2 cm³/mol. The molecule has 3 aliphatic rings. The zero-order valence-electron chi connectivity index (χ0n) is 12.8. The van der Waals surface area contributed by atoms with Crippen LogP contribution in [0.4, 0.5) is 0 Å². The van der Waals surface area contributed by atoms with Gasteiger partial charge in [-0.3, -0.25) is 4.90 Å². The average Bonchev–Trinajstić information content (AvgIpc) is 2.65. The van der Waals surface area contributed by atoms with E-state index in [1.54, 1.807) is 0 Å². The summed E-state index contributed by atoms with van der Waals surface area (Å²) in [6, 6.07) is 2.31. The summed E-state index contributed by atoms with van der Waals surface area (Å²) < 4.78 is 0.